The number of ether oxygens (including phenoxy) is 2. The number of methoxy groups -OCH3 is 1. The zero-order chi connectivity index (χ0) is 16.1. The van der Waals surface area contributed by atoms with Crippen LogP contribution in [0.1, 0.15) is 49.7 Å². The molecule has 1 aromatic heterocycles. The third-order valence-electron chi connectivity index (χ3n) is 4.64. The number of hydrogen-bond donors (Lipinski definition) is 0. The molecule has 0 saturated heterocycles. The molecule has 1 heterocycles. The van der Waals surface area contributed by atoms with E-state index in [1.807, 2.05) is 18.5 Å². The van der Waals surface area contributed by atoms with Gasteiger partial charge in [0.25, 0.3) is 0 Å². The molecule has 1 saturated carbocycles. The lowest BCUT2D eigenvalue weighted by molar-refractivity contribution is 0.200. The van der Waals surface area contributed by atoms with Crippen LogP contribution in [0.5, 0.6) is 11.5 Å². The molecule has 122 valence electrons. The molecule has 1 atom stereocenters. The van der Waals surface area contributed by atoms with E-state index in [4.69, 9.17) is 9.47 Å². The Hall–Kier alpha value is -2.03. The highest BCUT2D eigenvalue weighted by Gasteiger charge is 2.19. The van der Waals surface area contributed by atoms with Gasteiger partial charge in [0.05, 0.1) is 13.2 Å². The molecule has 3 rings (SSSR count). The fraction of sp³-hybridized carbons (Fsp3) is 0.450. The van der Waals surface area contributed by atoms with Crippen LogP contribution in [0.2, 0.25) is 0 Å². The second-order valence-corrected chi connectivity index (χ2v) is 6.40. The lowest BCUT2D eigenvalue weighted by Gasteiger charge is -2.19. The fourth-order valence-corrected chi connectivity index (χ4v) is 3.27. The summed E-state index contributed by atoms with van der Waals surface area (Å²) in [6.07, 6.45) is 9.89. The molecule has 0 aliphatic heterocycles. The zero-order valence-corrected chi connectivity index (χ0v) is 14.0. The van der Waals surface area contributed by atoms with E-state index in [9.17, 15) is 0 Å². The van der Waals surface area contributed by atoms with Crippen LogP contribution >= 0.6 is 0 Å². The van der Waals surface area contributed by atoms with Gasteiger partial charge in [0.15, 0.2) is 11.5 Å². The van der Waals surface area contributed by atoms with Crippen molar-refractivity contribution in [3.05, 3.63) is 53.9 Å². The van der Waals surface area contributed by atoms with Gasteiger partial charge < -0.3 is 9.47 Å². The molecule has 23 heavy (non-hydrogen) atoms. The van der Waals surface area contributed by atoms with Crippen molar-refractivity contribution in [1.82, 2.24) is 4.98 Å². The van der Waals surface area contributed by atoms with Gasteiger partial charge in [0, 0.05) is 12.4 Å². The number of aromatic nitrogens is 1. The number of nitrogens with zero attached hydrogens (tertiary/aromatic N) is 1. The predicted molar refractivity (Wildman–Crippen MR) is 92.2 cm³/mol. The molecule has 0 amide bonds. The molecule has 0 radical (unpaired) electrons. The Morgan fingerprint density at radius 3 is 2.52 bits per heavy atom. The minimum atomic E-state index is 0.342. The highest BCUT2D eigenvalue weighted by molar-refractivity contribution is 5.44. The third-order valence-corrected chi connectivity index (χ3v) is 4.64. The Morgan fingerprint density at radius 1 is 1.09 bits per heavy atom. The number of rotatable bonds is 6. The first kappa shape index (κ1) is 15.9. The first-order valence-electron chi connectivity index (χ1n) is 8.49. The first-order valence-corrected chi connectivity index (χ1v) is 8.49. The minimum Gasteiger partial charge on any atom is -0.493 e. The molecule has 0 unspecified atom stereocenters. The van der Waals surface area contributed by atoms with E-state index in [1.54, 1.807) is 7.11 Å². The van der Waals surface area contributed by atoms with Crippen LogP contribution in [0.3, 0.4) is 0 Å². The van der Waals surface area contributed by atoms with Crippen molar-refractivity contribution >= 4 is 0 Å². The smallest absolute Gasteiger partial charge is 0.161 e. The van der Waals surface area contributed by atoms with Crippen LogP contribution in [0.4, 0.5) is 0 Å². The summed E-state index contributed by atoms with van der Waals surface area (Å²) >= 11 is 0. The van der Waals surface area contributed by atoms with Crippen LogP contribution in [0.25, 0.3) is 0 Å². The highest BCUT2D eigenvalue weighted by Crippen LogP contribution is 2.34. The third kappa shape index (κ3) is 4.04. The molecule has 0 spiro atoms. The lowest BCUT2D eigenvalue weighted by Crippen LogP contribution is -2.12. The first-order chi connectivity index (χ1) is 11.3. The molecular formula is C20H25NO2. The van der Waals surface area contributed by atoms with Gasteiger partial charge in [-0.3, -0.25) is 4.98 Å². The molecule has 1 fully saturated rings. The molecule has 0 N–H and O–H groups in total. The molecule has 1 aliphatic carbocycles. The molecule has 1 aromatic carbocycles. The number of hydrogen-bond acceptors (Lipinski definition) is 3. The van der Waals surface area contributed by atoms with Crippen LogP contribution < -0.4 is 9.47 Å². The van der Waals surface area contributed by atoms with Crippen molar-refractivity contribution in [3.8, 4) is 11.5 Å². The van der Waals surface area contributed by atoms with Gasteiger partial charge in [-0.05, 0) is 73.4 Å². The highest BCUT2D eigenvalue weighted by atomic mass is 16.5. The topological polar surface area (TPSA) is 31.4 Å². The normalized spacial score (nSPS) is 16.3. The Bertz CT molecular complexity index is 621. The average molecular weight is 311 g/mol. The van der Waals surface area contributed by atoms with Crippen LogP contribution in [-0.2, 0) is 6.42 Å². The van der Waals surface area contributed by atoms with Crippen molar-refractivity contribution in [2.24, 2.45) is 0 Å². The van der Waals surface area contributed by atoms with Crippen molar-refractivity contribution in [2.75, 3.05) is 7.11 Å². The van der Waals surface area contributed by atoms with Gasteiger partial charge in [-0.2, -0.15) is 0 Å². The monoisotopic (exact) mass is 311 g/mol. The summed E-state index contributed by atoms with van der Waals surface area (Å²) in [6.45, 7) is 2.25. The standard InChI is InChI=1S/C20H25NO2/c1-15(13-16-9-11-21-12-10-16)17-7-8-19(22-2)20(14-17)23-18-5-3-4-6-18/h7-12,14-15,18H,3-6,13H2,1-2H3/t15-/m0/s1. The second kappa shape index (κ2) is 7.49. The predicted octanol–water partition coefficient (Wildman–Crippen LogP) is 4.76. The summed E-state index contributed by atoms with van der Waals surface area (Å²) in [7, 11) is 1.71. The van der Waals surface area contributed by atoms with E-state index >= 15 is 0 Å². The SMILES string of the molecule is COc1ccc([C@@H](C)Cc2ccncc2)cc1OC1CCCC1. The molecule has 3 heteroatoms. The second-order valence-electron chi connectivity index (χ2n) is 6.40. The van der Waals surface area contributed by atoms with Crippen LogP contribution in [-0.4, -0.2) is 18.2 Å². The largest absolute Gasteiger partial charge is 0.493 e. The summed E-state index contributed by atoms with van der Waals surface area (Å²) in [6, 6.07) is 10.5. The number of pyridine rings is 1. The van der Waals surface area contributed by atoms with Gasteiger partial charge in [0.2, 0.25) is 0 Å². The summed E-state index contributed by atoms with van der Waals surface area (Å²) in [4.78, 5) is 4.08. The molecular weight excluding hydrogens is 286 g/mol. The van der Waals surface area contributed by atoms with E-state index in [1.165, 1.54) is 24.0 Å². The zero-order valence-electron chi connectivity index (χ0n) is 14.0. The fourth-order valence-electron chi connectivity index (χ4n) is 3.27. The maximum atomic E-state index is 6.20. The molecule has 0 bridgehead atoms. The maximum absolute atomic E-state index is 6.20. The van der Waals surface area contributed by atoms with Crippen LogP contribution in [0, 0.1) is 0 Å². The van der Waals surface area contributed by atoms with Gasteiger partial charge in [-0.1, -0.05) is 13.0 Å². The van der Waals surface area contributed by atoms with E-state index in [2.05, 4.69) is 36.2 Å². The lowest BCUT2D eigenvalue weighted by atomic mass is 9.94. The summed E-state index contributed by atoms with van der Waals surface area (Å²) in [5.41, 5.74) is 2.59. The minimum absolute atomic E-state index is 0.342. The van der Waals surface area contributed by atoms with Crippen molar-refractivity contribution in [2.45, 2.75) is 51.0 Å². The Morgan fingerprint density at radius 2 is 1.83 bits per heavy atom. The molecule has 1 aliphatic rings. The van der Waals surface area contributed by atoms with E-state index < -0.39 is 0 Å². The van der Waals surface area contributed by atoms with E-state index in [0.29, 0.717) is 12.0 Å². The van der Waals surface area contributed by atoms with Crippen molar-refractivity contribution < 1.29 is 9.47 Å². The average Bonchev–Trinajstić information content (AvgIpc) is 3.09. The Balaban J connectivity index is 1.76. The van der Waals surface area contributed by atoms with Gasteiger partial charge in [-0.15, -0.1) is 0 Å². The van der Waals surface area contributed by atoms with E-state index in [0.717, 1.165) is 30.8 Å². The molecule has 2 aromatic rings. The Kier molecular flexibility index (Phi) is 5.16. The van der Waals surface area contributed by atoms with Gasteiger partial charge in [0.1, 0.15) is 0 Å². The van der Waals surface area contributed by atoms with Crippen molar-refractivity contribution in [3.63, 3.8) is 0 Å². The summed E-state index contributed by atoms with van der Waals surface area (Å²) < 4.78 is 11.7. The van der Waals surface area contributed by atoms with Crippen molar-refractivity contribution in [1.29, 1.82) is 0 Å². The Labute approximate surface area is 138 Å². The quantitative estimate of drug-likeness (QED) is 0.771. The summed E-state index contributed by atoms with van der Waals surface area (Å²) in [5, 5.41) is 0. The number of benzene rings is 1. The maximum Gasteiger partial charge on any atom is 0.161 e. The summed E-state index contributed by atoms with van der Waals surface area (Å²) in [5.74, 6) is 2.14. The van der Waals surface area contributed by atoms with Gasteiger partial charge in [-0.25, -0.2) is 0 Å². The van der Waals surface area contributed by atoms with E-state index in [-0.39, 0.29) is 0 Å². The van der Waals surface area contributed by atoms with Crippen LogP contribution in [0.15, 0.2) is 42.7 Å². The molecule has 3 nitrogen and oxygen atoms in total. The van der Waals surface area contributed by atoms with Gasteiger partial charge >= 0.3 is 0 Å².